The quantitative estimate of drug-likeness (QED) is 0.697. The maximum atomic E-state index is 4.03. The summed E-state index contributed by atoms with van der Waals surface area (Å²) in [6, 6.07) is 0.823. The highest BCUT2D eigenvalue weighted by Gasteiger charge is 2.26. The molecule has 3 nitrogen and oxygen atoms in total. The molecule has 2 fully saturated rings. The van der Waals surface area contributed by atoms with Gasteiger partial charge in [-0.3, -0.25) is 4.90 Å². The number of allylic oxidation sites excluding steroid dienone is 1. The van der Waals surface area contributed by atoms with Gasteiger partial charge in [-0.15, -0.1) is 0 Å². The third-order valence-corrected chi connectivity index (χ3v) is 4.06. The second kappa shape index (κ2) is 5.19. The Morgan fingerprint density at radius 2 is 1.56 bits per heavy atom. The van der Waals surface area contributed by atoms with Gasteiger partial charge in [0.2, 0.25) is 0 Å². The number of nitrogens with zero attached hydrogens (tertiary/aromatic N) is 3. The Morgan fingerprint density at radius 1 is 1.00 bits per heavy atom. The molecule has 2 aliphatic heterocycles. The lowest BCUT2D eigenvalue weighted by molar-refractivity contribution is 0.0759. The fourth-order valence-corrected chi connectivity index (χ4v) is 2.80. The second-order valence-electron chi connectivity index (χ2n) is 5.29. The van der Waals surface area contributed by atoms with Gasteiger partial charge < -0.3 is 9.80 Å². The van der Waals surface area contributed by atoms with Gasteiger partial charge >= 0.3 is 0 Å². The molecule has 0 saturated carbocycles. The standard InChI is InChI=1S/C13H25N3/c1-12(2)15-6-4-13(5-7-15)16-10-8-14(3)9-11-16/h13H,1,4-11H2,2-3H3. The molecule has 0 aliphatic carbocycles. The fourth-order valence-electron chi connectivity index (χ4n) is 2.80. The molecule has 0 spiro atoms. The molecule has 2 saturated heterocycles. The van der Waals surface area contributed by atoms with E-state index in [-0.39, 0.29) is 0 Å². The van der Waals surface area contributed by atoms with Gasteiger partial charge in [0, 0.05) is 51.0 Å². The first kappa shape index (κ1) is 11.9. The van der Waals surface area contributed by atoms with Crippen LogP contribution >= 0.6 is 0 Å². The molecule has 2 heterocycles. The van der Waals surface area contributed by atoms with Gasteiger partial charge in [-0.1, -0.05) is 6.58 Å². The van der Waals surface area contributed by atoms with Crippen LogP contribution in [-0.4, -0.2) is 67.1 Å². The largest absolute Gasteiger partial charge is 0.375 e. The lowest BCUT2D eigenvalue weighted by Gasteiger charge is -2.42. The summed E-state index contributed by atoms with van der Waals surface area (Å²) in [5.41, 5.74) is 1.23. The third kappa shape index (κ3) is 2.77. The van der Waals surface area contributed by atoms with Crippen LogP contribution in [0.3, 0.4) is 0 Å². The predicted molar refractivity (Wildman–Crippen MR) is 68.5 cm³/mol. The molecule has 92 valence electrons. The minimum atomic E-state index is 0.823. The summed E-state index contributed by atoms with van der Waals surface area (Å²) in [5.74, 6) is 0. The molecular weight excluding hydrogens is 198 g/mol. The summed E-state index contributed by atoms with van der Waals surface area (Å²) in [5, 5.41) is 0. The maximum Gasteiger partial charge on any atom is 0.0189 e. The minimum Gasteiger partial charge on any atom is -0.375 e. The van der Waals surface area contributed by atoms with Gasteiger partial charge in [0.25, 0.3) is 0 Å². The molecule has 0 unspecified atom stereocenters. The topological polar surface area (TPSA) is 9.72 Å². The van der Waals surface area contributed by atoms with Crippen molar-refractivity contribution in [2.75, 3.05) is 46.3 Å². The van der Waals surface area contributed by atoms with Gasteiger partial charge in [0.1, 0.15) is 0 Å². The van der Waals surface area contributed by atoms with E-state index in [0.717, 1.165) is 6.04 Å². The maximum absolute atomic E-state index is 4.03. The first-order chi connectivity index (χ1) is 7.66. The molecule has 0 radical (unpaired) electrons. The smallest absolute Gasteiger partial charge is 0.0189 e. The van der Waals surface area contributed by atoms with Crippen molar-refractivity contribution < 1.29 is 0 Å². The van der Waals surface area contributed by atoms with Crippen LogP contribution in [0, 0.1) is 0 Å². The summed E-state index contributed by atoms with van der Waals surface area (Å²) in [6.07, 6.45) is 2.63. The zero-order valence-electron chi connectivity index (χ0n) is 10.8. The van der Waals surface area contributed by atoms with Crippen LogP contribution in [0.1, 0.15) is 19.8 Å². The Kier molecular flexibility index (Phi) is 3.87. The van der Waals surface area contributed by atoms with Crippen LogP contribution in [0.15, 0.2) is 12.3 Å². The van der Waals surface area contributed by atoms with Crippen molar-refractivity contribution in [3.05, 3.63) is 12.3 Å². The highest BCUT2D eigenvalue weighted by molar-refractivity contribution is 4.93. The van der Waals surface area contributed by atoms with Crippen molar-refractivity contribution in [2.24, 2.45) is 0 Å². The zero-order valence-corrected chi connectivity index (χ0v) is 10.8. The van der Waals surface area contributed by atoms with Crippen molar-refractivity contribution in [3.63, 3.8) is 0 Å². The molecule has 0 amide bonds. The molecule has 0 aromatic heterocycles. The highest BCUT2D eigenvalue weighted by Crippen LogP contribution is 2.19. The number of hydrogen-bond donors (Lipinski definition) is 0. The Hall–Kier alpha value is -0.540. The van der Waals surface area contributed by atoms with E-state index in [1.54, 1.807) is 0 Å². The normalized spacial score (nSPS) is 26.0. The average molecular weight is 223 g/mol. The fraction of sp³-hybridized carbons (Fsp3) is 0.846. The molecule has 3 heteroatoms. The summed E-state index contributed by atoms with van der Waals surface area (Å²) >= 11 is 0. The number of piperidine rings is 1. The van der Waals surface area contributed by atoms with Crippen LogP contribution in [0.4, 0.5) is 0 Å². The second-order valence-corrected chi connectivity index (χ2v) is 5.29. The molecule has 16 heavy (non-hydrogen) atoms. The van der Waals surface area contributed by atoms with Crippen LogP contribution in [-0.2, 0) is 0 Å². The van der Waals surface area contributed by atoms with E-state index in [0.29, 0.717) is 0 Å². The van der Waals surface area contributed by atoms with E-state index in [4.69, 9.17) is 0 Å². The average Bonchev–Trinajstić information content (AvgIpc) is 2.30. The molecule has 0 bridgehead atoms. The molecule has 0 aromatic rings. The molecule has 0 N–H and O–H groups in total. The van der Waals surface area contributed by atoms with E-state index >= 15 is 0 Å². The minimum absolute atomic E-state index is 0.823. The van der Waals surface area contributed by atoms with Crippen molar-refractivity contribution in [2.45, 2.75) is 25.8 Å². The van der Waals surface area contributed by atoms with E-state index in [9.17, 15) is 0 Å². The van der Waals surface area contributed by atoms with E-state index in [1.165, 1.54) is 57.8 Å². The zero-order chi connectivity index (χ0) is 11.5. The Balaban J connectivity index is 1.78. The van der Waals surface area contributed by atoms with Crippen LogP contribution in [0.25, 0.3) is 0 Å². The monoisotopic (exact) mass is 223 g/mol. The molecule has 2 rings (SSSR count). The van der Waals surface area contributed by atoms with E-state index in [2.05, 4.69) is 35.3 Å². The van der Waals surface area contributed by atoms with Gasteiger partial charge in [-0.2, -0.15) is 0 Å². The predicted octanol–water partition coefficient (Wildman–Crippen LogP) is 1.23. The highest BCUT2D eigenvalue weighted by atomic mass is 15.3. The van der Waals surface area contributed by atoms with Crippen molar-refractivity contribution in [1.29, 1.82) is 0 Å². The van der Waals surface area contributed by atoms with E-state index in [1.807, 2.05) is 0 Å². The number of likely N-dealkylation sites (N-methyl/N-ethyl adjacent to an activating group) is 1. The number of hydrogen-bond acceptors (Lipinski definition) is 3. The van der Waals surface area contributed by atoms with Crippen LogP contribution in [0.2, 0.25) is 0 Å². The van der Waals surface area contributed by atoms with Gasteiger partial charge in [0.15, 0.2) is 0 Å². The molecular formula is C13H25N3. The van der Waals surface area contributed by atoms with Crippen LogP contribution < -0.4 is 0 Å². The van der Waals surface area contributed by atoms with Gasteiger partial charge in [-0.05, 0) is 26.8 Å². The van der Waals surface area contributed by atoms with Crippen molar-refractivity contribution in [3.8, 4) is 0 Å². The Morgan fingerprint density at radius 3 is 2.06 bits per heavy atom. The summed E-state index contributed by atoms with van der Waals surface area (Å²) < 4.78 is 0. The molecule has 2 aliphatic rings. The Bertz CT molecular complexity index is 236. The number of piperazine rings is 1. The first-order valence-corrected chi connectivity index (χ1v) is 6.50. The SMILES string of the molecule is C=C(C)N1CCC(N2CCN(C)CC2)CC1. The van der Waals surface area contributed by atoms with Crippen molar-refractivity contribution >= 4 is 0 Å². The summed E-state index contributed by atoms with van der Waals surface area (Å²) in [7, 11) is 2.22. The summed E-state index contributed by atoms with van der Waals surface area (Å²) in [6.45, 7) is 13.5. The van der Waals surface area contributed by atoms with Crippen molar-refractivity contribution in [1.82, 2.24) is 14.7 Å². The first-order valence-electron chi connectivity index (χ1n) is 6.50. The van der Waals surface area contributed by atoms with Gasteiger partial charge in [-0.25, -0.2) is 0 Å². The molecule has 0 atom stereocenters. The van der Waals surface area contributed by atoms with Gasteiger partial charge in [0.05, 0.1) is 0 Å². The molecule has 0 aromatic carbocycles. The lowest BCUT2D eigenvalue weighted by Crippen LogP contribution is -2.52. The van der Waals surface area contributed by atoms with Crippen LogP contribution in [0.5, 0.6) is 0 Å². The third-order valence-electron chi connectivity index (χ3n) is 4.06. The number of rotatable bonds is 2. The Labute approximate surface area is 99.7 Å². The van der Waals surface area contributed by atoms with E-state index < -0.39 is 0 Å². The number of likely N-dealkylation sites (tertiary alicyclic amines) is 1. The summed E-state index contributed by atoms with van der Waals surface area (Å²) in [4.78, 5) is 7.54. The lowest BCUT2D eigenvalue weighted by atomic mass is 10.0.